The van der Waals surface area contributed by atoms with Crippen LogP contribution in [-0.2, 0) is 6.54 Å². The molecule has 4 aromatic rings. The third kappa shape index (κ3) is 3.10. The number of hydrogen-bond acceptors (Lipinski definition) is 4. The second kappa shape index (κ2) is 6.64. The Labute approximate surface area is 148 Å². The molecule has 7 nitrogen and oxygen atoms in total. The smallest absolute Gasteiger partial charge is 0.251 e. The molecular formula is C19H15N5O2. The number of amides is 1. The molecule has 0 aliphatic rings. The summed E-state index contributed by atoms with van der Waals surface area (Å²) in [7, 11) is 0. The van der Waals surface area contributed by atoms with E-state index in [2.05, 4.69) is 20.6 Å². The van der Waals surface area contributed by atoms with E-state index in [1.165, 1.54) is 6.07 Å². The van der Waals surface area contributed by atoms with Gasteiger partial charge in [-0.15, -0.1) is 5.10 Å². The van der Waals surface area contributed by atoms with Crippen LogP contribution < -0.4 is 10.9 Å². The summed E-state index contributed by atoms with van der Waals surface area (Å²) in [4.78, 5) is 27.0. The van der Waals surface area contributed by atoms with Crippen molar-refractivity contribution in [2.45, 2.75) is 6.54 Å². The van der Waals surface area contributed by atoms with E-state index in [9.17, 15) is 9.59 Å². The number of aromatic nitrogens is 4. The van der Waals surface area contributed by atoms with Gasteiger partial charge >= 0.3 is 0 Å². The first-order valence-corrected chi connectivity index (χ1v) is 8.06. The van der Waals surface area contributed by atoms with Crippen molar-refractivity contribution in [3.63, 3.8) is 0 Å². The molecule has 0 spiro atoms. The van der Waals surface area contributed by atoms with Crippen molar-refractivity contribution in [2.75, 3.05) is 0 Å². The molecule has 0 fully saturated rings. The Morgan fingerprint density at radius 1 is 1.12 bits per heavy atom. The Morgan fingerprint density at radius 3 is 2.69 bits per heavy atom. The Balaban J connectivity index is 1.52. The molecule has 0 bridgehead atoms. The fourth-order valence-corrected chi connectivity index (χ4v) is 2.81. The SMILES string of the molecule is O=C(NCc1cc(=O)[nH]c2ccccc12)c1ccc(-n2ccnn2)cc1. The van der Waals surface area contributed by atoms with Crippen LogP contribution in [0, 0.1) is 0 Å². The maximum absolute atomic E-state index is 12.4. The topological polar surface area (TPSA) is 92.7 Å². The van der Waals surface area contributed by atoms with Crippen LogP contribution in [0.5, 0.6) is 0 Å². The van der Waals surface area contributed by atoms with Crippen molar-refractivity contribution in [1.29, 1.82) is 0 Å². The van der Waals surface area contributed by atoms with Gasteiger partial charge < -0.3 is 10.3 Å². The van der Waals surface area contributed by atoms with Gasteiger partial charge in [0.2, 0.25) is 5.56 Å². The molecule has 1 amide bonds. The summed E-state index contributed by atoms with van der Waals surface area (Å²) in [5.74, 6) is -0.209. The third-order valence-electron chi connectivity index (χ3n) is 4.09. The molecular weight excluding hydrogens is 330 g/mol. The monoisotopic (exact) mass is 345 g/mol. The Kier molecular flexibility index (Phi) is 4.03. The van der Waals surface area contributed by atoms with Crippen molar-refractivity contribution in [3.8, 4) is 5.69 Å². The van der Waals surface area contributed by atoms with Gasteiger partial charge in [0.1, 0.15) is 0 Å². The van der Waals surface area contributed by atoms with E-state index < -0.39 is 0 Å². The summed E-state index contributed by atoms with van der Waals surface area (Å²) in [6.07, 6.45) is 3.32. The van der Waals surface area contributed by atoms with Crippen LogP contribution in [0.25, 0.3) is 16.6 Å². The third-order valence-corrected chi connectivity index (χ3v) is 4.09. The van der Waals surface area contributed by atoms with Gasteiger partial charge in [0.05, 0.1) is 18.1 Å². The van der Waals surface area contributed by atoms with E-state index in [0.717, 1.165) is 22.2 Å². The largest absolute Gasteiger partial charge is 0.348 e. The zero-order valence-corrected chi connectivity index (χ0v) is 13.7. The number of H-pyrrole nitrogens is 1. The Hall–Kier alpha value is -3.74. The molecule has 2 aromatic carbocycles. The van der Waals surface area contributed by atoms with Gasteiger partial charge in [0.25, 0.3) is 5.91 Å². The van der Waals surface area contributed by atoms with Crippen molar-refractivity contribution < 1.29 is 4.79 Å². The molecule has 0 aliphatic heterocycles. The number of carbonyl (C=O) groups excluding carboxylic acids is 1. The van der Waals surface area contributed by atoms with Crippen molar-refractivity contribution in [1.82, 2.24) is 25.3 Å². The first-order valence-electron chi connectivity index (χ1n) is 8.06. The highest BCUT2D eigenvalue weighted by atomic mass is 16.1. The van der Waals surface area contributed by atoms with Crippen molar-refractivity contribution in [2.24, 2.45) is 0 Å². The number of nitrogens with zero attached hydrogens (tertiary/aromatic N) is 3. The summed E-state index contributed by atoms with van der Waals surface area (Å²) in [6.45, 7) is 0.272. The van der Waals surface area contributed by atoms with Gasteiger partial charge in [0, 0.05) is 29.1 Å². The van der Waals surface area contributed by atoms with E-state index >= 15 is 0 Å². The lowest BCUT2D eigenvalue weighted by Gasteiger charge is -2.09. The van der Waals surface area contributed by atoms with E-state index in [1.807, 2.05) is 24.3 Å². The van der Waals surface area contributed by atoms with Gasteiger partial charge in [-0.2, -0.15) is 0 Å². The molecule has 26 heavy (non-hydrogen) atoms. The number of aromatic amines is 1. The summed E-state index contributed by atoms with van der Waals surface area (Å²) >= 11 is 0. The zero-order chi connectivity index (χ0) is 17.9. The van der Waals surface area contributed by atoms with Gasteiger partial charge in [0.15, 0.2) is 0 Å². The lowest BCUT2D eigenvalue weighted by Crippen LogP contribution is -2.23. The minimum Gasteiger partial charge on any atom is -0.348 e. The van der Waals surface area contributed by atoms with Gasteiger partial charge in [-0.1, -0.05) is 23.4 Å². The molecule has 0 radical (unpaired) electrons. The minimum atomic E-state index is -0.209. The van der Waals surface area contributed by atoms with Crippen LogP contribution in [0.15, 0.2) is 71.8 Å². The predicted molar refractivity (Wildman–Crippen MR) is 97.1 cm³/mol. The van der Waals surface area contributed by atoms with Crippen LogP contribution in [-0.4, -0.2) is 25.9 Å². The molecule has 0 saturated heterocycles. The van der Waals surface area contributed by atoms with E-state index in [1.54, 1.807) is 41.3 Å². The van der Waals surface area contributed by atoms with Gasteiger partial charge in [-0.05, 0) is 35.9 Å². The number of benzene rings is 2. The summed E-state index contributed by atoms with van der Waals surface area (Å²) in [5, 5.41) is 11.4. The minimum absolute atomic E-state index is 0.190. The average Bonchev–Trinajstić information content (AvgIpc) is 3.20. The molecule has 0 aliphatic carbocycles. The molecule has 7 heteroatoms. The van der Waals surface area contributed by atoms with E-state index in [-0.39, 0.29) is 18.0 Å². The molecule has 4 rings (SSSR count). The number of carbonyl (C=O) groups is 1. The van der Waals surface area contributed by atoms with Crippen molar-refractivity contribution in [3.05, 3.63) is 88.5 Å². The van der Waals surface area contributed by atoms with Crippen LogP contribution in [0.1, 0.15) is 15.9 Å². The summed E-state index contributed by atoms with van der Waals surface area (Å²) < 4.78 is 1.62. The van der Waals surface area contributed by atoms with E-state index in [0.29, 0.717) is 5.56 Å². The number of rotatable bonds is 4. The molecule has 0 saturated carbocycles. The lowest BCUT2D eigenvalue weighted by atomic mass is 10.1. The van der Waals surface area contributed by atoms with Crippen LogP contribution in [0.2, 0.25) is 0 Å². The highest BCUT2D eigenvalue weighted by molar-refractivity contribution is 5.94. The second-order valence-corrected chi connectivity index (χ2v) is 5.78. The Morgan fingerprint density at radius 2 is 1.92 bits per heavy atom. The van der Waals surface area contributed by atoms with E-state index in [4.69, 9.17) is 0 Å². The molecule has 0 unspecified atom stereocenters. The predicted octanol–water partition coefficient (Wildman–Crippen LogP) is 2.04. The maximum Gasteiger partial charge on any atom is 0.251 e. The van der Waals surface area contributed by atoms with Gasteiger partial charge in [-0.25, -0.2) is 4.68 Å². The number of fused-ring (bicyclic) bond motifs is 1. The van der Waals surface area contributed by atoms with Gasteiger partial charge in [-0.3, -0.25) is 9.59 Å². The molecule has 2 N–H and O–H groups in total. The highest BCUT2D eigenvalue weighted by Gasteiger charge is 2.08. The van der Waals surface area contributed by atoms with Crippen LogP contribution >= 0.6 is 0 Å². The number of nitrogens with one attached hydrogen (secondary N) is 2. The zero-order valence-electron chi connectivity index (χ0n) is 13.7. The number of hydrogen-bond donors (Lipinski definition) is 2. The van der Waals surface area contributed by atoms with Crippen LogP contribution in [0.4, 0.5) is 0 Å². The standard InChI is InChI=1S/C19H15N5O2/c25-18-11-14(16-3-1-2-4-17(16)22-18)12-20-19(26)13-5-7-15(8-6-13)24-10-9-21-23-24/h1-11H,12H2,(H,20,26)(H,22,25). The number of pyridine rings is 1. The molecule has 0 atom stereocenters. The first-order chi connectivity index (χ1) is 12.7. The fraction of sp³-hybridized carbons (Fsp3) is 0.0526. The summed E-state index contributed by atoms with van der Waals surface area (Å²) in [6, 6.07) is 16.1. The molecule has 128 valence electrons. The fourth-order valence-electron chi connectivity index (χ4n) is 2.81. The van der Waals surface area contributed by atoms with Crippen LogP contribution in [0.3, 0.4) is 0 Å². The maximum atomic E-state index is 12.4. The Bertz CT molecular complexity index is 1110. The molecule has 2 aromatic heterocycles. The average molecular weight is 345 g/mol. The lowest BCUT2D eigenvalue weighted by molar-refractivity contribution is 0.0951. The normalized spacial score (nSPS) is 10.8. The quantitative estimate of drug-likeness (QED) is 0.592. The second-order valence-electron chi connectivity index (χ2n) is 5.78. The molecule has 2 heterocycles. The highest BCUT2D eigenvalue weighted by Crippen LogP contribution is 2.14. The number of para-hydroxylation sites is 1. The van der Waals surface area contributed by atoms with Crippen molar-refractivity contribution >= 4 is 16.8 Å². The first kappa shape index (κ1) is 15.8. The summed E-state index contributed by atoms with van der Waals surface area (Å²) in [5.41, 5.74) is 2.69.